The van der Waals surface area contributed by atoms with Crippen molar-refractivity contribution >= 4 is 5.91 Å². The molecule has 0 N–H and O–H groups in total. The van der Waals surface area contributed by atoms with Gasteiger partial charge in [-0.3, -0.25) is 9.59 Å². The van der Waals surface area contributed by atoms with Gasteiger partial charge in [0.25, 0.3) is 5.56 Å². The van der Waals surface area contributed by atoms with Gasteiger partial charge in [-0.1, -0.05) is 49.1 Å². The maximum atomic E-state index is 13.1. The van der Waals surface area contributed by atoms with Crippen molar-refractivity contribution < 1.29 is 4.79 Å². The molecule has 0 radical (unpaired) electrons. The Labute approximate surface area is 161 Å². The summed E-state index contributed by atoms with van der Waals surface area (Å²) in [5.74, 6) is -0.0138. The van der Waals surface area contributed by atoms with E-state index in [4.69, 9.17) is 0 Å². The summed E-state index contributed by atoms with van der Waals surface area (Å²) < 4.78 is 1.34. The first kappa shape index (κ1) is 19.3. The van der Waals surface area contributed by atoms with E-state index >= 15 is 0 Å². The van der Waals surface area contributed by atoms with E-state index in [1.807, 2.05) is 43.0 Å². The first-order valence-corrected chi connectivity index (χ1v) is 9.98. The van der Waals surface area contributed by atoms with E-state index in [1.54, 1.807) is 13.0 Å². The van der Waals surface area contributed by atoms with Crippen LogP contribution in [-0.2, 0) is 4.79 Å². The van der Waals surface area contributed by atoms with Gasteiger partial charge in [-0.2, -0.15) is 5.10 Å². The highest BCUT2D eigenvalue weighted by Crippen LogP contribution is 2.24. The molecule has 0 spiro atoms. The van der Waals surface area contributed by atoms with Crippen molar-refractivity contribution in [3.05, 3.63) is 52.3 Å². The molecule has 1 aliphatic rings. The molecule has 1 amide bonds. The Morgan fingerprint density at radius 3 is 2.44 bits per heavy atom. The number of amides is 1. The molecule has 5 nitrogen and oxygen atoms in total. The Kier molecular flexibility index (Phi) is 6.09. The molecule has 1 aliphatic carbocycles. The molecule has 3 rings (SSSR count). The molecular formula is C22H29N3O2. The molecule has 1 unspecified atom stereocenters. The number of rotatable bonds is 5. The third kappa shape index (κ3) is 4.29. The van der Waals surface area contributed by atoms with Gasteiger partial charge in [0.05, 0.1) is 5.69 Å². The van der Waals surface area contributed by atoms with E-state index in [2.05, 4.69) is 5.10 Å². The van der Waals surface area contributed by atoms with E-state index < -0.39 is 6.04 Å². The lowest BCUT2D eigenvalue weighted by Gasteiger charge is -2.35. The standard InChI is InChI=1S/C22H29N3O2/c1-4-24(19-8-6-5-7-9-19)22(27)17(3)25-21(26)15-14-20(23-25)18-12-10-16(2)11-13-18/h10-15,17,19H,4-9H2,1-3H3. The molecule has 1 aromatic carbocycles. The number of aromatic nitrogens is 2. The zero-order valence-electron chi connectivity index (χ0n) is 16.5. The van der Waals surface area contributed by atoms with Crippen molar-refractivity contribution in [2.24, 2.45) is 0 Å². The second kappa shape index (κ2) is 8.51. The molecule has 144 valence electrons. The van der Waals surface area contributed by atoms with Gasteiger partial charge < -0.3 is 4.90 Å². The minimum absolute atomic E-state index is 0.0138. The summed E-state index contributed by atoms with van der Waals surface area (Å²) >= 11 is 0. The normalized spacial score (nSPS) is 16.1. The topological polar surface area (TPSA) is 55.2 Å². The summed E-state index contributed by atoms with van der Waals surface area (Å²) in [5, 5.41) is 4.51. The minimum atomic E-state index is -0.607. The number of hydrogen-bond acceptors (Lipinski definition) is 3. The quantitative estimate of drug-likeness (QED) is 0.804. The summed E-state index contributed by atoms with van der Waals surface area (Å²) in [6.07, 6.45) is 5.70. The van der Waals surface area contributed by atoms with Crippen LogP contribution in [0.3, 0.4) is 0 Å². The third-order valence-electron chi connectivity index (χ3n) is 5.54. The van der Waals surface area contributed by atoms with Gasteiger partial charge in [0.15, 0.2) is 0 Å². The van der Waals surface area contributed by atoms with Crippen LogP contribution in [0.15, 0.2) is 41.2 Å². The molecule has 27 heavy (non-hydrogen) atoms. The smallest absolute Gasteiger partial charge is 0.267 e. The zero-order valence-corrected chi connectivity index (χ0v) is 16.5. The zero-order chi connectivity index (χ0) is 19.4. The van der Waals surface area contributed by atoms with Crippen LogP contribution in [0.4, 0.5) is 0 Å². The highest BCUT2D eigenvalue weighted by molar-refractivity contribution is 5.80. The number of benzene rings is 1. The van der Waals surface area contributed by atoms with Crippen molar-refractivity contribution in [3.63, 3.8) is 0 Å². The Morgan fingerprint density at radius 1 is 1.15 bits per heavy atom. The Hall–Kier alpha value is -2.43. The minimum Gasteiger partial charge on any atom is -0.338 e. The van der Waals surface area contributed by atoms with Crippen molar-refractivity contribution in [3.8, 4) is 11.3 Å². The third-order valence-corrected chi connectivity index (χ3v) is 5.54. The molecular weight excluding hydrogens is 338 g/mol. The van der Waals surface area contributed by atoms with E-state index in [-0.39, 0.29) is 17.5 Å². The first-order chi connectivity index (χ1) is 13.0. The summed E-state index contributed by atoms with van der Waals surface area (Å²) in [7, 11) is 0. The number of aryl methyl sites for hydroxylation is 1. The molecule has 0 aliphatic heterocycles. The average Bonchev–Trinajstić information content (AvgIpc) is 2.70. The van der Waals surface area contributed by atoms with Crippen LogP contribution in [0, 0.1) is 6.92 Å². The number of carbonyl (C=O) groups is 1. The molecule has 1 aromatic heterocycles. The van der Waals surface area contributed by atoms with Crippen LogP contribution < -0.4 is 5.56 Å². The van der Waals surface area contributed by atoms with Crippen molar-refractivity contribution in [1.29, 1.82) is 0 Å². The Bertz CT molecular complexity index is 835. The predicted octanol–water partition coefficient (Wildman–Crippen LogP) is 3.96. The largest absolute Gasteiger partial charge is 0.338 e. The molecule has 1 heterocycles. The fraction of sp³-hybridized carbons (Fsp3) is 0.500. The molecule has 0 saturated heterocycles. The average molecular weight is 367 g/mol. The lowest BCUT2D eigenvalue weighted by Crippen LogP contribution is -2.46. The second-order valence-electron chi connectivity index (χ2n) is 7.46. The summed E-state index contributed by atoms with van der Waals surface area (Å²) in [6, 6.07) is 10.9. The van der Waals surface area contributed by atoms with Crippen LogP contribution in [-0.4, -0.2) is 33.2 Å². The monoisotopic (exact) mass is 367 g/mol. The molecule has 0 bridgehead atoms. The van der Waals surface area contributed by atoms with Crippen LogP contribution in [0.25, 0.3) is 11.3 Å². The number of carbonyl (C=O) groups excluding carboxylic acids is 1. The van der Waals surface area contributed by atoms with Gasteiger partial charge in [0.1, 0.15) is 6.04 Å². The molecule has 5 heteroatoms. The van der Waals surface area contributed by atoms with Gasteiger partial charge in [-0.15, -0.1) is 0 Å². The summed E-state index contributed by atoms with van der Waals surface area (Å²) in [5.41, 5.74) is 2.57. The van der Waals surface area contributed by atoms with Crippen LogP contribution in [0.2, 0.25) is 0 Å². The maximum absolute atomic E-state index is 13.1. The van der Waals surface area contributed by atoms with Gasteiger partial charge in [0.2, 0.25) is 5.91 Å². The number of nitrogens with zero attached hydrogens (tertiary/aromatic N) is 3. The van der Waals surface area contributed by atoms with Crippen molar-refractivity contribution in [2.75, 3.05) is 6.54 Å². The van der Waals surface area contributed by atoms with E-state index in [0.717, 1.165) is 18.4 Å². The van der Waals surface area contributed by atoms with E-state index in [1.165, 1.54) is 35.6 Å². The number of hydrogen-bond donors (Lipinski definition) is 0. The Balaban J connectivity index is 1.87. The second-order valence-corrected chi connectivity index (χ2v) is 7.46. The molecule has 1 saturated carbocycles. The summed E-state index contributed by atoms with van der Waals surface area (Å²) in [6.45, 7) is 6.49. The van der Waals surface area contributed by atoms with Gasteiger partial charge in [-0.05, 0) is 39.7 Å². The van der Waals surface area contributed by atoms with E-state index in [0.29, 0.717) is 12.2 Å². The van der Waals surface area contributed by atoms with Crippen molar-refractivity contribution in [2.45, 2.75) is 65.0 Å². The highest BCUT2D eigenvalue weighted by atomic mass is 16.2. The van der Waals surface area contributed by atoms with Gasteiger partial charge >= 0.3 is 0 Å². The summed E-state index contributed by atoms with van der Waals surface area (Å²) in [4.78, 5) is 27.5. The molecule has 1 fully saturated rings. The number of likely N-dealkylation sites (N-methyl/N-ethyl adjacent to an activating group) is 1. The fourth-order valence-corrected chi connectivity index (χ4v) is 3.91. The van der Waals surface area contributed by atoms with Crippen LogP contribution in [0.5, 0.6) is 0 Å². The van der Waals surface area contributed by atoms with Gasteiger partial charge in [-0.25, -0.2) is 4.68 Å². The lowest BCUT2D eigenvalue weighted by molar-refractivity contribution is -0.137. The highest BCUT2D eigenvalue weighted by Gasteiger charge is 2.29. The fourth-order valence-electron chi connectivity index (χ4n) is 3.91. The van der Waals surface area contributed by atoms with Gasteiger partial charge in [0, 0.05) is 24.2 Å². The lowest BCUT2D eigenvalue weighted by atomic mass is 9.94. The van der Waals surface area contributed by atoms with E-state index in [9.17, 15) is 9.59 Å². The van der Waals surface area contributed by atoms with Crippen LogP contribution in [0.1, 0.15) is 57.6 Å². The molecule has 2 aromatic rings. The first-order valence-electron chi connectivity index (χ1n) is 9.98. The molecule has 1 atom stereocenters. The SMILES string of the molecule is CCN(C(=O)C(C)n1nc(-c2ccc(C)cc2)ccc1=O)C1CCCCC1. The van der Waals surface area contributed by atoms with Crippen molar-refractivity contribution in [1.82, 2.24) is 14.7 Å². The predicted molar refractivity (Wildman–Crippen MR) is 108 cm³/mol. The van der Waals surface area contributed by atoms with Crippen LogP contribution >= 0.6 is 0 Å². The maximum Gasteiger partial charge on any atom is 0.267 e. The Morgan fingerprint density at radius 2 is 1.81 bits per heavy atom.